The van der Waals surface area contributed by atoms with Gasteiger partial charge in [-0.2, -0.15) is 0 Å². The maximum atomic E-state index is 13.6. The number of ketones is 1. The number of Topliss-reactive ketones (excluding diaryl/α,β-unsaturated/α-hetero) is 1. The Hall–Kier alpha value is -2.91. The Balaban J connectivity index is 1.30. The normalized spacial score (nSPS) is 22.2. The van der Waals surface area contributed by atoms with Gasteiger partial charge in [0.05, 0.1) is 5.54 Å². The van der Waals surface area contributed by atoms with Gasteiger partial charge < -0.3 is 4.74 Å². The van der Waals surface area contributed by atoms with Gasteiger partial charge in [-0.15, -0.1) is 0 Å². The third kappa shape index (κ3) is 3.90. The molecule has 3 nitrogen and oxygen atoms in total. The van der Waals surface area contributed by atoms with Gasteiger partial charge in [-0.3, -0.25) is 9.69 Å². The summed E-state index contributed by atoms with van der Waals surface area (Å²) in [5.74, 6) is 2.48. The number of piperidine rings is 1. The lowest BCUT2D eigenvalue weighted by atomic mass is 9.75. The van der Waals surface area contributed by atoms with Crippen molar-refractivity contribution >= 4 is 5.78 Å². The summed E-state index contributed by atoms with van der Waals surface area (Å²) < 4.78 is 5.98. The van der Waals surface area contributed by atoms with Crippen LogP contribution in [0.2, 0.25) is 0 Å². The minimum atomic E-state index is -0.406. The maximum Gasteiger partial charge on any atom is 0.183 e. The van der Waals surface area contributed by atoms with E-state index in [1.807, 2.05) is 48.5 Å². The van der Waals surface area contributed by atoms with Crippen LogP contribution in [0.4, 0.5) is 0 Å². The number of ether oxygens (including phenoxy) is 1. The van der Waals surface area contributed by atoms with Crippen molar-refractivity contribution < 1.29 is 9.53 Å². The highest BCUT2D eigenvalue weighted by Gasteiger charge is 2.44. The molecule has 1 atom stereocenters. The Morgan fingerprint density at radius 2 is 1.55 bits per heavy atom. The van der Waals surface area contributed by atoms with Crippen LogP contribution < -0.4 is 4.74 Å². The third-order valence-corrected chi connectivity index (χ3v) is 7.13. The number of para-hydroxylation sites is 1. The van der Waals surface area contributed by atoms with Gasteiger partial charge in [0.2, 0.25) is 0 Å². The monoisotopic (exact) mass is 411 g/mol. The molecule has 1 heterocycles. The molecule has 3 heteroatoms. The van der Waals surface area contributed by atoms with Gasteiger partial charge >= 0.3 is 0 Å². The minimum Gasteiger partial charge on any atom is -0.457 e. The van der Waals surface area contributed by atoms with Gasteiger partial charge in [-0.05, 0) is 93.1 Å². The Bertz CT molecular complexity index is 1050. The topological polar surface area (TPSA) is 29.5 Å². The first-order valence-corrected chi connectivity index (χ1v) is 11.3. The maximum absolute atomic E-state index is 13.6. The average Bonchev–Trinajstić information content (AvgIpc) is 2.83. The number of nitrogens with zero attached hydrogens (tertiary/aromatic N) is 1. The van der Waals surface area contributed by atoms with Crippen LogP contribution in [0, 0.1) is 0 Å². The summed E-state index contributed by atoms with van der Waals surface area (Å²) in [5, 5.41) is 0. The SMILES string of the molecule is CC1(N2CCC(c3ccccc3)CC2)CCc2cc(Oc3ccccc3)ccc2C1=O. The van der Waals surface area contributed by atoms with E-state index in [0.29, 0.717) is 5.92 Å². The number of hydrogen-bond donors (Lipinski definition) is 0. The molecular weight excluding hydrogens is 382 g/mol. The van der Waals surface area contributed by atoms with Crippen molar-refractivity contribution in [3.8, 4) is 11.5 Å². The molecule has 0 radical (unpaired) electrons. The van der Waals surface area contributed by atoms with Crippen molar-refractivity contribution in [1.29, 1.82) is 0 Å². The smallest absolute Gasteiger partial charge is 0.183 e. The molecule has 0 N–H and O–H groups in total. The molecule has 5 rings (SSSR count). The van der Waals surface area contributed by atoms with E-state index in [1.54, 1.807) is 0 Å². The second-order valence-corrected chi connectivity index (χ2v) is 9.01. The zero-order valence-corrected chi connectivity index (χ0v) is 18.1. The lowest BCUT2D eigenvalue weighted by molar-refractivity contribution is 0.0439. The molecule has 1 unspecified atom stereocenters. The standard InChI is InChI=1S/C28H29NO2/c1-28(29-18-15-22(16-19-29)21-8-4-2-5-9-21)17-14-23-20-25(12-13-26(23)27(28)30)31-24-10-6-3-7-11-24/h2-13,20,22H,14-19H2,1H3. The fraction of sp³-hybridized carbons (Fsp3) is 0.321. The second-order valence-electron chi connectivity index (χ2n) is 9.01. The molecule has 1 fully saturated rings. The fourth-order valence-corrected chi connectivity index (χ4v) is 5.20. The number of carbonyl (C=O) groups is 1. The van der Waals surface area contributed by atoms with Crippen LogP contribution in [-0.2, 0) is 6.42 Å². The van der Waals surface area contributed by atoms with Crippen LogP contribution in [0.5, 0.6) is 11.5 Å². The largest absolute Gasteiger partial charge is 0.457 e. The summed E-state index contributed by atoms with van der Waals surface area (Å²) in [6.07, 6.45) is 4.00. The average molecular weight is 412 g/mol. The van der Waals surface area contributed by atoms with Gasteiger partial charge in [0.25, 0.3) is 0 Å². The summed E-state index contributed by atoms with van der Waals surface area (Å²) in [4.78, 5) is 16.0. The van der Waals surface area contributed by atoms with Gasteiger partial charge in [0.15, 0.2) is 5.78 Å². The van der Waals surface area contributed by atoms with Crippen LogP contribution in [0.25, 0.3) is 0 Å². The zero-order valence-electron chi connectivity index (χ0n) is 18.1. The van der Waals surface area contributed by atoms with E-state index in [1.165, 1.54) is 5.56 Å². The lowest BCUT2D eigenvalue weighted by Crippen LogP contribution is -2.56. The van der Waals surface area contributed by atoms with Gasteiger partial charge in [-0.1, -0.05) is 48.5 Å². The van der Waals surface area contributed by atoms with Crippen LogP contribution in [0.1, 0.15) is 53.6 Å². The molecule has 0 saturated carbocycles. The first-order chi connectivity index (χ1) is 15.1. The molecule has 0 aromatic heterocycles. The van der Waals surface area contributed by atoms with Gasteiger partial charge in [0.1, 0.15) is 11.5 Å². The predicted octanol–water partition coefficient (Wildman–Crippen LogP) is 6.25. The number of hydrogen-bond acceptors (Lipinski definition) is 3. The second kappa shape index (κ2) is 8.32. The van der Waals surface area contributed by atoms with Crippen molar-refractivity contribution in [1.82, 2.24) is 4.90 Å². The van der Waals surface area contributed by atoms with Crippen molar-refractivity contribution in [3.05, 3.63) is 95.6 Å². The van der Waals surface area contributed by atoms with Crippen molar-refractivity contribution in [2.75, 3.05) is 13.1 Å². The fourth-order valence-electron chi connectivity index (χ4n) is 5.20. The summed E-state index contributed by atoms with van der Waals surface area (Å²) in [6.45, 7) is 4.11. The summed E-state index contributed by atoms with van der Waals surface area (Å²) in [5.41, 5.74) is 2.99. The summed E-state index contributed by atoms with van der Waals surface area (Å²) >= 11 is 0. The minimum absolute atomic E-state index is 0.262. The Labute approximate surface area is 184 Å². The number of fused-ring (bicyclic) bond motifs is 1. The molecule has 3 aromatic carbocycles. The van der Waals surface area contributed by atoms with Crippen LogP contribution in [0.3, 0.4) is 0 Å². The van der Waals surface area contributed by atoms with Gasteiger partial charge in [-0.25, -0.2) is 0 Å². The van der Waals surface area contributed by atoms with E-state index >= 15 is 0 Å². The zero-order chi connectivity index (χ0) is 21.3. The molecule has 0 bridgehead atoms. The van der Waals surface area contributed by atoms with Crippen molar-refractivity contribution in [2.24, 2.45) is 0 Å². The molecule has 1 aliphatic carbocycles. The number of likely N-dealkylation sites (tertiary alicyclic amines) is 1. The van der Waals surface area contributed by atoms with Crippen molar-refractivity contribution in [3.63, 3.8) is 0 Å². The summed E-state index contributed by atoms with van der Waals surface area (Å²) in [7, 11) is 0. The molecule has 1 saturated heterocycles. The molecule has 1 aliphatic heterocycles. The molecule has 2 aliphatic rings. The highest BCUT2D eigenvalue weighted by Crippen LogP contribution is 2.39. The first kappa shape index (κ1) is 20.0. The van der Waals surface area contributed by atoms with Crippen LogP contribution in [-0.4, -0.2) is 29.3 Å². The van der Waals surface area contributed by atoms with E-state index in [0.717, 1.165) is 61.4 Å². The highest BCUT2D eigenvalue weighted by molar-refractivity contribution is 6.05. The van der Waals surface area contributed by atoms with E-state index in [4.69, 9.17) is 4.74 Å². The highest BCUT2D eigenvalue weighted by atomic mass is 16.5. The third-order valence-electron chi connectivity index (χ3n) is 7.13. The Morgan fingerprint density at radius 1 is 0.871 bits per heavy atom. The molecular formula is C28H29NO2. The quantitative estimate of drug-likeness (QED) is 0.508. The van der Waals surface area contributed by atoms with Gasteiger partial charge in [0, 0.05) is 5.56 Å². The first-order valence-electron chi connectivity index (χ1n) is 11.3. The Morgan fingerprint density at radius 3 is 2.26 bits per heavy atom. The number of carbonyl (C=O) groups excluding carboxylic acids is 1. The van der Waals surface area contributed by atoms with Crippen LogP contribution >= 0.6 is 0 Å². The molecule has 0 spiro atoms. The predicted molar refractivity (Wildman–Crippen MR) is 124 cm³/mol. The van der Waals surface area contributed by atoms with Crippen LogP contribution in [0.15, 0.2) is 78.9 Å². The number of aryl methyl sites for hydroxylation is 1. The molecule has 0 amide bonds. The number of benzene rings is 3. The Kier molecular flexibility index (Phi) is 5.37. The molecule has 158 valence electrons. The van der Waals surface area contributed by atoms with E-state index in [-0.39, 0.29) is 5.78 Å². The van der Waals surface area contributed by atoms with E-state index in [9.17, 15) is 4.79 Å². The summed E-state index contributed by atoms with van der Waals surface area (Å²) in [6, 6.07) is 26.5. The van der Waals surface area contributed by atoms with E-state index in [2.05, 4.69) is 42.2 Å². The van der Waals surface area contributed by atoms with E-state index < -0.39 is 5.54 Å². The molecule has 31 heavy (non-hydrogen) atoms. The van der Waals surface area contributed by atoms with Crippen molar-refractivity contribution in [2.45, 2.75) is 44.1 Å². The lowest BCUT2D eigenvalue weighted by Gasteiger charge is -2.46. The molecule has 3 aromatic rings. The number of rotatable bonds is 4.